The summed E-state index contributed by atoms with van der Waals surface area (Å²) in [5.41, 5.74) is 0.533. The molecular formula is C19H27N3O3. The molecule has 0 spiro atoms. The standard InChI is InChI=1S/C19H27N3O3/c1-19(2,3)25-18(23)21-13-14-5-4-6-17(14)22-15-7-9-16(10-8-15)24-12-11-20/h7-10,14,17,22H,4-6,12-13H2,1-3H3,(H,21,23). The molecule has 0 bridgehead atoms. The van der Waals surface area contributed by atoms with E-state index in [1.54, 1.807) is 0 Å². The van der Waals surface area contributed by atoms with Gasteiger partial charge >= 0.3 is 6.09 Å². The Kier molecular flexibility index (Phi) is 6.51. The Hall–Kier alpha value is -2.42. The average molecular weight is 345 g/mol. The Labute approximate surface area is 149 Å². The van der Waals surface area contributed by atoms with E-state index in [1.807, 2.05) is 51.1 Å². The van der Waals surface area contributed by atoms with Gasteiger partial charge in [-0.15, -0.1) is 0 Å². The van der Waals surface area contributed by atoms with Gasteiger partial charge in [0.15, 0.2) is 6.61 Å². The predicted octanol–water partition coefficient (Wildman–Crippen LogP) is 3.69. The molecule has 1 aromatic carbocycles. The summed E-state index contributed by atoms with van der Waals surface area (Å²) in [5, 5.41) is 14.9. The third-order valence-corrected chi connectivity index (χ3v) is 4.08. The van der Waals surface area contributed by atoms with Gasteiger partial charge in [-0.3, -0.25) is 0 Å². The lowest BCUT2D eigenvalue weighted by atomic mass is 10.0. The maximum absolute atomic E-state index is 11.8. The summed E-state index contributed by atoms with van der Waals surface area (Å²) in [4.78, 5) is 11.8. The predicted molar refractivity (Wildman–Crippen MR) is 96.5 cm³/mol. The van der Waals surface area contributed by atoms with Gasteiger partial charge < -0.3 is 20.1 Å². The van der Waals surface area contributed by atoms with Crippen LogP contribution in [-0.4, -0.2) is 30.9 Å². The number of amides is 1. The van der Waals surface area contributed by atoms with Gasteiger partial charge in [0.1, 0.15) is 17.4 Å². The number of benzene rings is 1. The number of alkyl carbamates (subject to hydrolysis) is 1. The van der Waals surface area contributed by atoms with Gasteiger partial charge in [-0.2, -0.15) is 5.26 Å². The number of nitrogens with zero attached hydrogens (tertiary/aromatic N) is 1. The number of hydrogen-bond acceptors (Lipinski definition) is 5. The Morgan fingerprint density at radius 3 is 2.64 bits per heavy atom. The SMILES string of the molecule is CC(C)(C)OC(=O)NCC1CCCC1Nc1ccc(OCC#N)cc1. The monoisotopic (exact) mass is 345 g/mol. The molecule has 2 rings (SSSR count). The Bertz CT molecular complexity index is 602. The number of hydrogen-bond donors (Lipinski definition) is 2. The highest BCUT2D eigenvalue weighted by atomic mass is 16.6. The second-order valence-electron chi connectivity index (χ2n) is 7.30. The zero-order valence-corrected chi connectivity index (χ0v) is 15.2. The van der Waals surface area contributed by atoms with Gasteiger partial charge in [0.25, 0.3) is 0 Å². The molecule has 6 nitrogen and oxygen atoms in total. The number of nitrogens with one attached hydrogen (secondary N) is 2. The lowest BCUT2D eigenvalue weighted by Crippen LogP contribution is -2.38. The van der Waals surface area contributed by atoms with E-state index in [-0.39, 0.29) is 12.7 Å². The molecule has 0 radical (unpaired) electrons. The van der Waals surface area contributed by atoms with E-state index in [9.17, 15) is 4.79 Å². The van der Waals surface area contributed by atoms with Crippen LogP contribution in [0.2, 0.25) is 0 Å². The minimum Gasteiger partial charge on any atom is -0.479 e. The van der Waals surface area contributed by atoms with Gasteiger partial charge in [0.05, 0.1) is 0 Å². The third kappa shape index (κ3) is 6.54. The Morgan fingerprint density at radius 1 is 1.28 bits per heavy atom. The van der Waals surface area contributed by atoms with E-state index in [2.05, 4.69) is 10.6 Å². The van der Waals surface area contributed by atoms with Crippen molar-refractivity contribution in [3.8, 4) is 11.8 Å². The normalized spacial score (nSPS) is 19.8. The third-order valence-electron chi connectivity index (χ3n) is 4.08. The van der Waals surface area contributed by atoms with Gasteiger partial charge in [-0.25, -0.2) is 4.79 Å². The van der Waals surface area contributed by atoms with E-state index in [0.717, 1.165) is 24.9 Å². The first-order valence-electron chi connectivity index (χ1n) is 8.70. The van der Waals surface area contributed by atoms with Crippen LogP contribution in [0.4, 0.5) is 10.5 Å². The van der Waals surface area contributed by atoms with Crippen LogP contribution in [0.3, 0.4) is 0 Å². The zero-order valence-electron chi connectivity index (χ0n) is 15.2. The molecule has 1 aliphatic rings. The van der Waals surface area contributed by atoms with Crippen LogP contribution in [0.25, 0.3) is 0 Å². The van der Waals surface area contributed by atoms with Crippen LogP contribution in [0.1, 0.15) is 40.0 Å². The van der Waals surface area contributed by atoms with Crippen molar-refractivity contribution in [1.82, 2.24) is 5.32 Å². The first-order chi connectivity index (χ1) is 11.9. The molecule has 0 saturated heterocycles. The van der Waals surface area contributed by atoms with E-state index < -0.39 is 5.60 Å². The number of nitriles is 1. The van der Waals surface area contributed by atoms with E-state index in [4.69, 9.17) is 14.7 Å². The lowest BCUT2D eigenvalue weighted by molar-refractivity contribution is 0.0519. The number of carbonyl (C=O) groups excluding carboxylic acids is 1. The second kappa shape index (κ2) is 8.61. The van der Waals surface area contributed by atoms with Crippen molar-refractivity contribution < 1.29 is 14.3 Å². The van der Waals surface area contributed by atoms with Crippen LogP contribution < -0.4 is 15.4 Å². The fourth-order valence-electron chi connectivity index (χ4n) is 2.98. The number of rotatable bonds is 6. The minimum absolute atomic E-state index is 0.0494. The number of ether oxygens (including phenoxy) is 2. The van der Waals surface area contributed by atoms with Gasteiger partial charge in [-0.05, 0) is 63.8 Å². The van der Waals surface area contributed by atoms with Crippen LogP contribution in [0.5, 0.6) is 5.75 Å². The summed E-state index contributed by atoms with van der Waals surface area (Å²) in [7, 11) is 0. The molecule has 0 aromatic heterocycles. The summed E-state index contributed by atoms with van der Waals surface area (Å²) in [6, 6.07) is 9.87. The smallest absolute Gasteiger partial charge is 0.407 e. The number of anilines is 1. The topological polar surface area (TPSA) is 83.4 Å². The van der Waals surface area contributed by atoms with Crippen LogP contribution in [-0.2, 0) is 4.74 Å². The molecular weight excluding hydrogens is 318 g/mol. The summed E-state index contributed by atoms with van der Waals surface area (Å²) >= 11 is 0. The maximum atomic E-state index is 11.8. The van der Waals surface area contributed by atoms with Crippen molar-refractivity contribution in [1.29, 1.82) is 5.26 Å². The highest BCUT2D eigenvalue weighted by Gasteiger charge is 2.28. The molecule has 1 fully saturated rings. The van der Waals surface area contributed by atoms with Gasteiger partial charge in [-0.1, -0.05) is 6.42 Å². The fourth-order valence-corrected chi connectivity index (χ4v) is 2.98. The minimum atomic E-state index is -0.479. The largest absolute Gasteiger partial charge is 0.479 e. The van der Waals surface area contributed by atoms with Crippen molar-refractivity contribution in [2.24, 2.45) is 5.92 Å². The molecule has 2 atom stereocenters. The summed E-state index contributed by atoms with van der Waals surface area (Å²) in [6.45, 7) is 6.23. The first kappa shape index (κ1) is 18.9. The van der Waals surface area contributed by atoms with E-state index in [1.165, 1.54) is 0 Å². The van der Waals surface area contributed by atoms with Crippen molar-refractivity contribution in [2.45, 2.75) is 51.7 Å². The molecule has 1 amide bonds. The quantitative estimate of drug-likeness (QED) is 0.821. The van der Waals surface area contributed by atoms with Crippen molar-refractivity contribution >= 4 is 11.8 Å². The average Bonchev–Trinajstić information content (AvgIpc) is 2.98. The van der Waals surface area contributed by atoms with Crippen molar-refractivity contribution in [3.05, 3.63) is 24.3 Å². The molecule has 2 unspecified atom stereocenters. The molecule has 136 valence electrons. The maximum Gasteiger partial charge on any atom is 0.407 e. The molecule has 1 aromatic rings. The summed E-state index contributed by atoms with van der Waals surface area (Å²) in [6.07, 6.45) is 2.93. The Balaban J connectivity index is 1.83. The first-order valence-corrected chi connectivity index (χ1v) is 8.70. The second-order valence-corrected chi connectivity index (χ2v) is 7.30. The lowest BCUT2D eigenvalue weighted by Gasteiger charge is -2.24. The van der Waals surface area contributed by atoms with Gasteiger partial charge in [0, 0.05) is 18.3 Å². The van der Waals surface area contributed by atoms with Crippen molar-refractivity contribution in [3.63, 3.8) is 0 Å². The van der Waals surface area contributed by atoms with Crippen molar-refractivity contribution in [2.75, 3.05) is 18.5 Å². The molecule has 1 saturated carbocycles. The van der Waals surface area contributed by atoms with E-state index in [0.29, 0.717) is 24.3 Å². The molecule has 25 heavy (non-hydrogen) atoms. The van der Waals surface area contributed by atoms with E-state index >= 15 is 0 Å². The molecule has 6 heteroatoms. The molecule has 1 aliphatic carbocycles. The molecule has 0 heterocycles. The van der Waals surface area contributed by atoms with Crippen LogP contribution in [0.15, 0.2) is 24.3 Å². The molecule has 0 aliphatic heterocycles. The number of carbonyl (C=O) groups is 1. The highest BCUT2D eigenvalue weighted by Crippen LogP contribution is 2.29. The fraction of sp³-hybridized carbons (Fsp3) is 0.579. The van der Waals surface area contributed by atoms with Crippen LogP contribution >= 0.6 is 0 Å². The molecule has 2 N–H and O–H groups in total. The summed E-state index contributed by atoms with van der Waals surface area (Å²) in [5.74, 6) is 1.06. The van der Waals surface area contributed by atoms with Crippen LogP contribution in [0, 0.1) is 17.2 Å². The Morgan fingerprint density at radius 2 is 2.00 bits per heavy atom. The summed E-state index contributed by atoms with van der Waals surface area (Å²) < 4.78 is 10.5. The van der Waals surface area contributed by atoms with Gasteiger partial charge in [0.2, 0.25) is 0 Å². The zero-order chi connectivity index (χ0) is 18.3. The highest BCUT2D eigenvalue weighted by molar-refractivity contribution is 5.67.